The summed E-state index contributed by atoms with van der Waals surface area (Å²) in [6, 6.07) is 0. The minimum atomic E-state index is -1.26. The summed E-state index contributed by atoms with van der Waals surface area (Å²) in [5.74, 6) is 0. The van der Waals surface area contributed by atoms with Crippen LogP contribution in [-0.4, -0.2) is 76.4 Å². The third-order valence-electron chi connectivity index (χ3n) is 7.94. The summed E-state index contributed by atoms with van der Waals surface area (Å²) in [7, 11) is 0. The predicted octanol–water partition coefficient (Wildman–Crippen LogP) is 2.75. The van der Waals surface area contributed by atoms with Crippen molar-refractivity contribution in [2.45, 2.75) is 82.9 Å². The van der Waals surface area contributed by atoms with Crippen molar-refractivity contribution in [3.05, 3.63) is 0 Å². The fourth-order valence-electron chi connectivity index (χ4n) is 5.60. The molecule has 2 aliphatic carbocycles. The van der Waals surface area contributed by atoms with Crippen LogP contribution in [0.25, 0.3) is 0 Å². The molecule has 0 aromatic rings. The first-order valence-corrected chi connectivity index (χ1v) is 11.9. The van der Waals surface area contributed by atoms with Crippen LogP contribution in [0, 0.1) is 16.2 Å². The lowest BCUT2D eigenvalue weighted by Crippen LogP contribution is -2.59. The molecule has 5 aliphatic heterocycles. The van der Waals surface area contributed by atoms with Gasteiger partial charge >= 0.3 is 12.3 Å². The van der Waals surface area contributed by atoms with Crippen LogP contribution in [0.2, 0.25) is 0 Å². The zero-order chi connectivity index (χ0) is 22.0. The molecule has 9 heteroatoms. The predicted molar refractivity (Wildman–Crippen MR) is 108 cm³/mol. The number of carbonyl (C=O) groups excluding carboxylic acids is 1. The summed E-state index contributed by atoms with van der Waals surface area (Å²) in [5, 5.41) is 0. The lowest BCUT2D eigenvalue weighted by molar-refractivity contribution is -0.548. The summed E-state index contributed by atoms with van der Waals surface area (Å²) >= 11 is 0. The van der Waals surface area contributed by atoms with Gasteiger partial charge in [0.25, 0.3) is 0 Å². The molecule has 9 nitrogen and oxygen atoms in total. The molecule has 7 rings (SSSR count). The largest absolute Gasteiger partial charge is 0.508 e. The summed E-state index contributed by atoms with van der Waals surface area (Å²) in [6.07, 6.45) is 6.57. The van der Waals surface area contributed by atoms with E-state index in [0.717, 1.165) is 38.5 Å². The van der Waals surface area contributed by atoms with E-state index < -0.39 is 12.3 Å². The van der Waals surface area contributed by atoms with E-state index in [0.29, 0.717) is 64.1 Å². The molecule has 4 unspecified atom stereocenters. The molecule has 0 radical (unpaired) electrons. The summed E-state index contributed by atoms with van der Waals surface area (Å²) < 4.78 is 44.5. The number of hydrogen-bond acceptors (Lipinski definition) is 9. The van der Waals surface area contributed by atoms with E-state index in [2.05, 4.69) is 9.47 Å². The maximum Gasteiger partial charge on any atom is 0.508 e. The van der Waals surface area contributed by atoms with E-state index in [1.54, 1.807) is 0 Å². The summed E-state index contributed by atoms with van der Waals surface area (Å²) in [5.41, 5.74) is 0.170. The molecule has 180 valence electrons. The first-order valence-electron chi connectivity index (χ1n) is 11.9. The van der Waals surface area contributed by atoms with Gasteiger partial charge in [0, 0.05) is 16.2 Å². The van der Waals surface area contributed by atoms with Crippen molar-refractivity contribution in [1.82, 2.24) is 0 Å². The average molecular weight is 455 g/mol. The average Bonchev–Trinajstić information content (AvgIpc) is 3.70. The molecule has 4 atom stereocenters. The SMILES string of the molecule is C1CC2(COC3(OC2)OCC2(CCC4OC4C2)CO3)CC2OC12.CC1(C)COC(=O)OC1. The Morgan fingerprint density at radius 1 is 0.656 bits per heavy atom. The van der Waals surface area contributed by atoms with Gasteiger partial charge in [-0.15, -0.1) is 0 Å². The van der Waals surface area contributed by atoms with Gasteiger partial charge in [0.2, 0.25) is 0 Å². The number of cyclic esters (lactones) is 2. The zero-order valence-electron chi connectivity index (χ0n) is 19.0. The smallest absolute Gasteiger partial charge is 0.434 e. The normalized spacial score (nSPS) is 50.4. The van der Waals surface area contributed by atoms with Crippen molar-refractivity contribution in [3.63, 3.8) is 0 Å². The first-order chi connectivity index (χ1) is 15.3. The molecule has 5 heterocycles. The molecule has 0 amide bonds. The molecule has 2 saturated carbocycles. The number of rotatable bonds is 0. The van der Waals surface area contributed by atoms with Crippen LogP contribution in [-0.2, 0) is 37.9 Å². The molecule has 0 N–H and O–H groups in total. The second-order valence-electron chi connectivity index (χ2n) is 11.6. The molecule has 0 aromatic carbocycles. The van der Waals surface area contributed by atoms with Crippen molar-refractivity contribution in [3.8, 4) is 0 Å². The summed E-state index contributed by atoms with van der Waals surface area (Å²) in [4.78, 5) is 10.3. The monoisotopic (exact) mass is 454 g/mol. The minimum absolute atomic E-state index is 0.00604. The topological polar surface area (TPSA) is 97.5 Å². The fraction of sp³-hybridized carbons (Fsp3) is 0.957. The highest BCUT2D eigenvalue weighted by Crippen LogP contribution is 2.52. The Balaban J connectivity index is 0.000000185. The third kappa shape index (κ3) is 4.28. The molecular weight excluding hydrogens is 420 g/mol. The molecule has 0 bridgehead atoms. The van der Waals surface area contributed by atoms with Crippen molar-refractivity contribution in [2.75, 3.05) is 39.6 Å². The van der Waals surface area contributed by atoms with Gasteiger partial charge in [-0.1, -0.05) is 13.8 Å². The van der Waals surface area contributed by atoms with Crippen LogP contribution in [0.3, 0.4) is 0 Å². The van der Waals surface area contributed by atoms with Gasteiger partial charge in [0.05, 0.1) is 50.8 Å². The third-order valence-corrected chi connectivity index (χ3v) is 7.94. The van der Waals surface area contributed by atoms with Crippen LogP contribution in [0.4, 0.5) is 4.79 Å². The van der Waals surface area contributed by atoms with Gasteiger partial charge in [0.1, 0.15) is 13.2 Å². The minimum Gasteiger partial charge on any atom is -0.434 e. The molecule has 32 heavy (non-hydrogen) atoms. The molecule has 0 aromatic heterocycles. The van der Waals surface area contributed by atoms with E-state index in [4.69, 9.17) is 28.4 Å². The van der Waals surface area contributed by atoms with E-state index >= 15 is 0 Å². The van der Waals surface area contributed by atoms with Gasteiger partial charge in [-0.05, 0) is 38.5 Å². The fourth-order valence-corrected chi connectivity index (χ4v) is 5.60. The highest BCUT2D eigenvalue weighted by molar-refractivity contribution is 5.60. The quantitative estimate of drug-likeness (QED) is 0.404. The van der Waals surface area contributed by atoms with Crippen molar-refractivity contribution >= 4 is 6.16 Å². The molecule has 7 aliphatic rings. The van der Waals surface area contributed by atoms with E-state index in [1.807, 2.05) is 13.8 Å². The van der Waals surface area contributed by atoms with Crippen LogP contribution in [0.15, 0.2) is 0 Å². The molecular formula is C23H34O9. The second kappa shape index (κ2) is 7.52. The van der Waals surface area contributed by atoms with Gasteiger partial charge in [-0.2, -0.15) is 0 Å². The van der Waals surface area contributed by atoms with E-state index in [1.165, 1.54) is 0 Å². The Hall–Kier alpha value is -0.970. The number of hydrogen-bond donors (Lipinski definition) is 0. The van der Waals surface area contributed by atoms with E-state index in [9.17, 15) is 4.79 Å². The number of ether oxygens (including phenoxy) is 8. The van der Waals surface area contributed by atoms with Crippen molar-refractivity contribution in [1.29, 1.82) is 0 Å². The molecule has 3 spiro atoms. The maximum atomic E-state index is 10.3. The van der Waals surface area contributed by atoms with Crippen molar-refractivity contribution in [2.24, 2.45) is 16.2 Å². The van der Waals surface area contributed by atoms with Crippen LogP contribution in [0.5, 0.6) is 0 Å². The Morgan fingerprint density at radius 2 is 1.09 bits per heavy atom. The van der Waals surface area contributed by atoms with Crippen LogP contribution >= 0.6 is 0 Å². The van der Waals surface area contributed by atoms with Crippen molar-refractivity contribution < 1.29 is 42.7 Å². The van der Waals surface area contributed by atoms with E-state index in [-0.39, 0.29) is 16.2 Å². The van der Waals surface area contributed by atoms with Gasteiger partial charge in [-0.3, -0.25) is 0 Å². The first kappa shape index (κ1) is 21.6. The van der Waals surface area contributed by atoms with Crippen LogP contribution < -0.4 is 0 Å². The maximum absolute atomic E-state index is 10.3. The second-order valence-corrected chi connectivity index (χ2v) is 11.6. The Bertz CT molecular complexity index is 674. The highest BCUT2D eigenvalue weighted by atomic mass is 17.0. The lowest BCUT2D eigenvalue weighted by Gasteiger charge is -2.50. The van der Waals surface area contributed by atoms with Crippen LogP contribution in [0.1, 0.15) is 52.4 Å². The lowest BCUT2D eigenvalue weighted by atomic mass is 9.74. The zero-order valence-corrected chi connectivity index (χ0v) is 19.0. The van der Waals surface area contributed by atoms with Gasteiger partial charge in [0.15, 0.2) is 0 Å². The van der Waals surface area contributed by atoms with Gasteiger partial charge in [-0.25, -0.2) is 4.79 Å². The Morgan fingerprint density at radius 3 is 1.47 bits per heavy atom. The Labute approximate surface area is 188 Å². The molecule has 7 fully saturated rings. The summed E-state index contributed by atoms with van der Waals surface area (Å²) in [6.45, 7) is 7.46. The highest BCUT2D eigenvalue weighted by Gasteiger charge is 2.59. The molecule has 5 saturated heterocycles. The number of epoxide rings is 2. The van der Waals surface area contributed by atoms with Gasteiger partial charge < -0.3 is 37.9 Å². The number of carbonyl (C=O) groups is 1. The Kier molecular flexibility index (Phi) is 5.06. The standard InChI is InChI=1S/C17H24O6.C6H10O3/c1-3-15(5-13-11(1)22-13)7-18-17(19-8-15)20-9-16(10-21-17)4-2-12-14(6-16)23-12;1-6(2)3-8-5(7)9-4-6/h11-14H,1-10H2;3-4H2,1-2H3. The number of fused-ring (bicyclic) bond motifs is 2.